The molecule has 1 heterocycles. The summed E-state index contributed by atoms with van der Waals surface area (Å²) < 4.78 is 10.5. The minimum absolute atomic E-state index is 0.282. The predicted molar refractivity (Wildman–Crippen MR) is 128 cm³/mol. The maximum absolute atomic E-state index is 12.1. The van der Waals surface area contributed by atoms with Crippen LogP contribution in [0.15, 0.2) is 51.7 Å². The van der Waals surface area contributed by atoms with Crippen LogP contribution in [0.5, 0.6) is 5.75 Å². The summed E-state index contributed by atoms with van der Waals surface area (Å²) in [7, 11) is 0. The van der Waals surface area contributed by atoms with Crippen molar-refractivity contribution in [1.82, 2.24) is 0 Å². The minimum Gasteiger partial charge on any atom is -0.425 e. The van der Waals surface area contributed by atoms with Crippen LogP contribution in [0.2, 0.25) is 0 Å². The normalized spacial score (nSPS) is 11.4. The number of carbonyl (C=O) groups is 1. The van der Waals surface area contributed by atoms with Gasteiger partial charge in [-0.05, 0) is 44.2 Å². The topological polar surface area (TPSA) is 56.5 Å². The minimum atomic E-state index is -0.512. The molecule has 170 valence electrons. The zero-order valence-electron chi connectivity index (χ0n) is 19.1. The average molecular weight is 427 g/mol. The fourth-order valence-electron chi connectivity index (χ4n) is 3.68. The molecule has 0 amide bonds. The van der Waals surface area contributed by atoms with E-state index in [0.29, 0.717) is 17.4 Å². The molecule has 0 saturated carbocycles. The summed E-state index contributed by atoms with van der Waals surface area (Å²) in [5, 5.41) is 0.639. The van der Waals surface area contributed by atoms with E-state index in [1.54, 1.807) is 18.2 Å². The molecule has 2 aromatic rings. The highest BCUT2D eigenvalue weighted by molar-refractivity contribution is 5.86. The van der Waals surface area contributed by atoms with E-state index >= 15 is 0 Å². The Kier molecular flexibility index (Phi) is 12.4. The van der Waals surface area contributed by atoms with Crippen molar-refractivity contribution in [3.63, 3.8) is 0 Å². The largest absolute Gasteiger partial charge is 0.425 e. The van der Waals surface area contributed by atoms with Crippen molar-refractivity contribution in [3.05, 3.63) is 52.9 Å². The third-order valence-corrected chi connectivity index (χ3v) is 5.48. The van der Waals surface area contributed by atoms with Crippen LogP contribution in [-0.2, 0) is 4.79 Å². The van der Waals surface area contributed by atoms with E-state index in [4.69, 9.17) is 9.15 Å². The van der Waals surface area contributed by atoms with Crippen molar-refractivity contribution in [2.24, 2.45) is 0 Å². The Morgan fingerprint density at radius 3 is 2.19 bits per heavy atom. The molecule has 0 atom stereocenters. The molecule has 0 fully saturated rings. The molecule has 31 heavy (non-hydrogen) atoms. The Morgan fingerprint density at radius 1 is 0.871 bits per heavy atom. The summed E-state index contributed by atoms with van der Waals surface area (Å²) in [6.07, 6.45) is 20.9. The van der Waals surface area contributed by atoms with E-state index in [2.05, 4.69) is 19.1 Å². The van der Waals surface area contributed by atoms with Crippen molar-refractivity contribution >= 4 is 16.9 Å². The average Bonchev–Trinajstić information content (AvgIpc) is 2.76. The molecule has 0 unspecified atom stereocenters. The van der Waals surface area contributed by atoms with Crippen LogP contribution in [0.25, 0.3) is 11.0 Å². The van der Waals surface area contributed by atoms with Crippen LogP contribution in [0.4, 0.5) is 0 Å². The summed E-state index contributed by atoms with van der Waals surface area (Å²) in [6.45, 7) is 2.26. The summed E-state index contributed by atoms with van der Waals surface area (Å²) in [6, 6.07) is 8.31. The molecule has 0 N–H and O–H groups in total. The van der Waals surface area contributed by atoms with Crippen LogP contribution >= 0.6 is 0 Å². The van der Waals surface area contributed by atoms with E-state index < -0.39 is 5.63 Å². The smallest absolute Gasteiger partial charge is 0.339 e. The van der Waals surface area contributed by atoms with Gasteiger partial charge in [0, 0.05) is 6.42 Å². The predicted octanol–water partition coefficient (Wildman–Crippen LogP) is 7.74. The molecule has 0 aliphatic carbocycles. The Bertz CT molecular complexity index is 850. The number of esters is 1. The quantitative estimate of drug-likeness (QED) is 0.119. The Morgan fingerprint density at radius 2 is 1.48 bits per heavy atom. The summed E-state index contributed by atoms with van der Waals surface area (Å²) in [4.78, 5) is 23.8. The van der Waals surface area contributed by atoms with Crippen molar-refractivity contribution in [2.75, 3.05) is 0 Å². The molecule has 2 rings (SSSR count). The van der Waals surface area contributed by atoms with Crippen molar-refractivity contribution < 1.29 is 13.9 Å². The second-order valence-corrected chi connectivity index (χ2v) is 8.23. The lowest BCUT2D eigenvalue weighted by Gasteiger charge is -2.06. The first-order valence-corrected chi connectivity index (χ1v) is 12.1. The summed E-state index contributed by atoms with van der Waals surface area (Å²) >= 11 is 0. The summed E-state index contributed by atoms with van der Waals surface area (Å²) in [5.74, 6) is -0.0158. The van der Waals surface area contributed by atoms with Crippen LogP contribution in [0, 0.1) is 0 Å². The molecule has 1 aromatic heterocycles. The third-order valence-electron chi connectivity index (χ3n) is 5.48. The van der Waals surface area contributed by atoms with Gasteiger partial charge in [-0.25, -0.2) is 4.79 Å². The van der Waals surface area contributed by atoms with Gasteiger partial charge in [-0.2, -0.15) is 0 Å². The van der Waals surface area contributed by atoms with Gasteiger partial charge in [-0.15, -0.1) is 0 Å². The third kappa shape index (κ3) is 10.5. The first-order valence-electron chi connectivity index (χ1n) is 12.1. The number of ether oxygens (including phenoxy) is 1. The number of para-hydroxylation sites is 1. The molecule has 4 nitrogen and oxygen atoms in total. The zero-order valence-corrected chi connectivity index (χ0v) is 19.1. The monoisotopic (exact) mass is 426 g/mol. The molecule has 0 bridgehead atoms. The lowest BCUT2D eigenvalue weighted by Crippen LogP contribution is -2.10. The van der Waals surface area contributed by atoms with Gasteiger partial charge >= 0.3 is 11.6 Å². The lowest BCUT2D eigenvalue weighted by atomic mass is 10.1. The zero-order chi connectivity index (χ0) is 22.2. The van der Waals surface area contributed by atoms with Crippen LogP contribution in [0.3, 0.4) is 0 Å². The molecular weight excluding hydrogens is 388 g/mol. The number of hydrogen-bond donors (Lipinski definition) is 0. The Labute approximate surface area is 186 Å². The van der Waals surface area contributed by atoms with E-state index in [1.165, 1.54) is 63.9 Å². The molecule has 0 radical (unpaired) electrons. The molecular formula is C27H38O4. The van der Waals surface area contributed by atoms with Gasteiger partial charge in [0.15, 0.2) is 0 Å². The fraction of sp³-hybridized carbons (Fsp3) is 0.556. The van der Waals surface area contributed by atoms with Crippen molar-refractivity contribution in [1.29, 1.82) is 0 Å². The number of hydrogen-bond acceptors (Lipinski definition) is 4. The highest BCUT2D eigenvalue weighted by Gasteiger charge is 2.10. The molecule has 0 aliphatic heterocycles. The number of fused-ring (bicyclic) bond motifs is 1. The van der Waals surface area contributed by atoms with Gasteiger partial charge in [-0.3, -0.25) is 4.79 Å². The van der Waals surface area contributed by atoms with Gasteiger partial charge in [-0.1, -0.05) is 82.6 Å². The Hall–Kier alpha value is -2.36. The standard InChI is InChI=1S/C27H38O4/c1-2-3-4-5-6-7-8-9-10-11-12-13-14-15-16-21-26(28)31-25-22-27(29)30-24-20-18-17-19-23(24)25/h9-10,17-20,22H,2-8,11-16,21H2,1H3/b10-9-. The fourth-order valence-corrected chi connectivity index (χ4v) is 3.68. The van der Waals surface area contributed by atoms with Gasteiger partial charge in [0.2, 0.25) is 0 Å². The number of allylic oxidation sites excluding steroid dienone is 2. The van der Waals surface area contributed by atoms with E-state index in [1.807, 2.05) is 6.07 Å². The first-order chi connectivity index (χ1) is 15.2. The second-order valence-electron chi connectivity index (χ2n) is 8.23. The van der Waals surface area contributed by atoms with E-state index in [-0.39, 0.29) is 11.7 Å². The second kappa shape index (κ2) is 15.4. The molecule has 4 heteroatoms. The van der Waals surface area contributed by atoms with Gasteiger partial charge < -0.3 is 9.15 Å². The van der Waals surface area contributed by atoms with Crippen LogP contribution in [-0.4, -0.2) is 5.97 Å². The van der Waals surface area contributed by atoms with Crippen molar-refractivity contribution in [3.8, 4) is 5.75 Å². The molecule has 0 aliphatic rings. The molecule has 0 spiro atoms. The highest BCUT2D eigenvalue weighted by atomic mass is 16.5. The summed E-state index contributed by atoms with van der Waals surface area (Å²) in [5.41, 5.74) is -0.0821. The van der Waals surface area contributed by atoms with Gasteiger partial charge in [0.1, 0.15) is 11.3 Å². The van der Waals surface area contributed by atoms with E-state index in [0.717, 1.165) is 25.7 Å². The van der Waals surface area contributed by atoms with Gasteiger partial charge in [0.25, 0.3) is 0 Å². The maximum atomic E-state index is 12.1. The van der Waals surface area contributed by atoms with Crippen LogP contribution in [0.1, 0.15) is 96.8 Å². The SMILES string of the molecule is CCCCCCCC/C=C\CCCCCCCC(=O)Oc1cc(=O)oc2ccccc12. The van der Waals surface area contributed by atoms with Crippen molar-refractivity contribution in [2.45, 2.75) is 96.8 Å². The number of carbonyl (C=O) groups excluding carboxylic acids is 1. The molecule has 1 aromatic carbocycles. The number of benzene rings is 1. The van der Waals surface area contributed by atoms with Gasteiger partial charge in [0.05, 0.1) is 11.5 Å². The first kappa shape index (κ1) is 24.9. The Balaban J connectivity index is 1.50. The highest BCUT2D eigenvalue weighted by Crippen LogP contribution is 2.23. The number of unbranched alkanes of at least 4 members (excludes halogenated alkanes) is 11. The van der Waals surface area contributed by atoms with E-state index in [9.17, 15) is 9.59 Å². The lowest BCUT2D eigenvalue weighted by molar-refractivity contribution is -0.134. The number of rotatable bonds is 16. The molecule has 0 saturated heterocycles. The van der Waals surface area contributed by atoms with Crippen LogP contribution < -0.4 is 10.4 Å². The maximum Gasteiger partial charge on any atom is 0.339 e.